The Morgan fingerprint density at radius 1 is 1.44 bits per heavy atom. The molecule has 0 unspecified atom stereocenters. The predicted molar refractivity (Wildman–Crippen MR) is 61.7 cm³/mol. The van der Waals surface area contributed by atoms with Gasteiger partial charge in [0.25, 0.3) is 0 Å². The van der Waals surface area contributed by atoms with E-state index in [0.29, 0.717) is 5.56 Å². The average Bonchev–Trinajstić information content (AvgIpc) is 2.27. The van der Waals surface area contributed by atoms with Gasteiger partial charge in [0.1, 0.15) is 0 Å². The number of aliphatic imine (C=N–C) groups is 1. The topological polar surface area (TPSA) is 53.2 Å². The number of isocyanates is 1. The highest BCUT2D eigenvalue weighted by atomic mass is 16.1. The van der Waals surface area contributed by atoms with Gasteiger partial charge in [0, 0.05) is 0 Å². The lowest BCUT2D eigenvalue weighted by atomic mass is 9.95. The number of nitriles is 1. The van der Waals surface area contributed by atoms with Crippen LogP contribution in [0, 0.1) is 11.3 Å². The molecule has 0 amide bonds. The molecule has 0 radical (unpaired) electrons. The quantitative estimate of drug-likeness (QED) is 0.571. The van der Waals surface area contributed by atoms with Crippen LogP contribution >= 0.6 is 0 Å². The van der Waals surface area contributed by atoms with Crippen LogP contribution in [0.5, 0.6) is 0 Å². The van der Waals surface area contributed by atoms with Gasteiger partial charge in [0.2, 0.25) is 6.08 Å². The van der Waals surface area contributed by atoms with Gasteiger partial charge >= 0.3 is 0 Å². The lowest BCUT2D eigenvalue weighted by molar-refractivity contribution is 0.470. The van der Waals surface area contributed by atoms with Gasteiger partial charge in [-0.1, -0.05) is 12.1 Å². The van der Waals surface area contributed by atoms with E-state index in [1.165, 1.54) is 0 Å². The monoisotopic (exact) mass is 214 g/mol. The Bertz CT molecular complexity index is 451. The zero-order valence-corrected chi connectivity index (χ0v) is 9.53. The molecule has 1 aromatic rings. The van der Waals surface area contributed by atoms with Crippen LogP contribution < -0.4 is 0 Å². The van der Waals surface area contributed by atoms with Crippen molar-refractivity contribution in [3.8, 4) is 6.07 Å². The summed E-state index contributed by atoms with van der Waals surface area (Å²) in [6.07, 6.45) is 3.15. The van der Waals surface area contributed by atoms with Crippen LogP contribution in [0.1, 0.15) is 31.4 Å². The summed E-state index contributed by atoms with van der Waals surface area (Å²) in [5.41, 5.74) is 1.37. The fourth-order valence-corrected chi connectivity index (χ4v) is 1.43. The lowest BCUT2D eigenvalue weighted by Gasteiger charge is -2.16. The van der Waals surface area contributed by atoms with Crippen LogP contribution in [0.15, 0.2) is 29.3 Å². The van der Waals surface area contributed by atoms with E-state index in [9.17, 15) is 4.79 Å². The minimum absolute atomic E-state index is 0.385. The van der Waals surface area contributed by atoms with Crippen LogP contribution in [0.25, 0.3) is 0 Å². The van der Waals surface area contributed by atoms with E-state index >= 15 is 0 Å². The SMILES string of the molecule is CC(C)(CCc1cccc(C#N)c1)N=C=O. The second kappa shape index (κ2) is 5.25. The molecule has 0 aliphatic rings. The van der Waals surface area contributed by atoms with Crippen molar-refractivity contribution in [3.05, 3.63) is 35.4 Å². The molecule has 82 valence electrons. The van der Waals surface area contributed by atoms with Crippen molar-refractivity contribution in [1.82, 2.24) is 0 Å². The molecule has 16 heavy (non-hydrogen) atoms. The molecule has 0 saturated heterocycles. The second-order valence-corrected chi connectivity index (χ2v) is 4.33. The first kappa shape index (κ1) is 12.2. The highest BCUT2D eigenvalue weighted by molar-refractivity contribution is 5.35. The molecule has 0 spiro atoms. The largest absolute Gasteiger partial charge is 0.235 e. The third-order valence-electron chi connectivity index (χ3n) is 2.43. The molecule has 3 heteroatoms. The maximum atomic E-state index is 10.2. The highest BCUT2D eigenvalue weighted by Gasteiger charge is 2.15. The van der Waals surface area contributed by atoms with Crippen LogP contribution in [-0.2, 0) is 11.2 Å². The first-order chi connectivity index (χ1) is 7.57. The summed E-state index contributed by atoms with van der Waals surface area (Å²) in [5, 5.41) is 8.75. The fourth-order valence-electron chi connectivity index (χ4n) is 1.43. The van der Waals surface area contributed by atoms with Gasteiger partial charge in [0.15, 0.2) is 0 Å². The van der Waals surface area contributed by atoms with Crippen molar-refractivity contribution in [2.75, 3.05) is 0 Å². The minimum atomic E-state index is -0.385. The summed E-state index contributed by atoms with van der Waals surface area (Å²) in [4.78, 5) is 13.9. The van der Waals surface area contributed by atoms with E-state index < -0.39 is 0 Å². The molecule has 1 rings (SSSR count). The van der Waals surface area contributed by atoms with E-state index in [0.717, 1.165) is 18.4 Å². The number of benzene rings is 1. The third kappa shape index (κ3) is 3.68. The number of hydrogen-bond acceptors (Lipinski definition) is 3. The Morgan fingerprint density at radius 3 is 2.81 bits per heavy atom. The molecule has 0 aliphatic heterocycles. The van der Waals surface area contributed by atoms with E-state index in [-0.39, 0.29) is 5.54 Å². The number of aryl methyl sites for hydroxylation is 1. The van der Waals surface area contributed by atoms with Gasteiger partial charge in [0.05, 0.1) is 17.2 Å². The van der Waals surface area contributed by atoms with E-state index in [1.54, 1.807) is 12.1 Å². The zero-order valence-electron chi connectivity index (χ0n) is 9.53. The van der Waals surface area contributed by atoms with Crippen molar-refractivity contribution < 1.29 is 4.79 Å². The summed E-state index contributed by atoms with van der Waals surface area (Å²) in [6.45, 7) is 3.79. The molecule has 0 atom stereocenters. The van der Waals surface area contributed by atoms with Gasteiger partial charge in [-0.25, -0.2) is 4.79 Å². The minimum Gasteiger partial charge on any atom is -0.211 e. The lowest BCUT2D eigenvalue weighted by Crippen LogP contribution is -2.17. The molecule has 1 aromatic carbocycles. The molecule has 0 bridgehead atoms. The molecule has 0 heterocycles. The summed E-state index contributed by atoms with van der Waals surface area (Å²) in [5.74, 6) is 0. The Labute approximate surface area is 95.4 Å². The molecule has 0 fully saturated rings. The summed E-state index contributed by atoms with van der Waals surface area (Å²) < 4.78 is 0. The van der Waals surface area contributed by atoms with Crippen LogP contribution in [0.4, 0.5) is 0 Å². The molecular formula is C13H14N2O. The summed E-state index contributed by atoms with van der Waals surface area (Å²) in [6, 6.07) is 9.58. The molecule has 0 aromatic heterocycles. The summed E-state index contributed by atoms with van der Waals surface area (Å²) in [7, 11) is 0. The Kier molecular flexibility index (Phi) is 3.99. The van der Waals surface area contributed by atoms with E-state index in [2.05, 4.69) is 11.1 Å². The maximum Gasteiger partial charge on any atom is 0.235 e. The molecule has 0 aliphatic carbocycles. The number of carbonyl (C=O) groups excluding carboxylic acids is 1. The van der Waals surface area contributed by atoms with Gasteiger partial charge in [-0.2, -0.15) is 10.3 Å². The molecular weight excluding hydrogens is 200 g/mol. The molecule has 0 saturated carbocycles. The summed E-state index contributed by atoms with van der Waals surface area (Å²) >= 11 is 0. The Morgan fingerprint density at radius 2 is 2.19 bits per heavy atom. The van der Waals surface area contributed by atoms with Crippen molar-refractivity contribution in [3.63, 3.8) is 0 Å². The van der Waals surface area contributed by atoms with Crippen molar-refractivity contribution >= 4 is 6.08 Å². The van der Waals surface area contributed by atoms with Gasteiger partial charge in [-0.15, -0.1) is 0 Å². The number of rotatable bonds is 4. The average molecular weight is 214 g/mol. The third-order valence-corrected chi connectivity index (χ3v) is 2.43. The second-order valence-electron chi connectivity index (χ2n) is 4.33. The number of hydrogen-bond donors (Lipinski definition) is 0. The maximum absolute atomic E-state index is 10.2. The molecule has 0 N–H and O–H groups in total. The highest BCUT2D eigenvalue weighted by Crippen LogP contribution is 2.17. The van der Waals surface area contributed by atoms with Gasteiger partial charge < -0.3 is 0 Å². The van der Waals surface area contributed by atoms with Crippen LogP contribution in [0.3, 0.4) is 0 Å². The Balaban J connectivity index is 2.68. The van der Waals surface area contributed by atoms with Crippen molar-refractivity contribution in [1.29, 1.82) is 5.26 Å². The van der Waals surface area contributed by atoms with Crippen LogP contribution in [0.2, 0.25) is 0 Å². The number of nitrogens with zero attached hydrogens (tertiary/aromatic N) is 2. The molecule has 3 nitrogen and oxygen atoms in total. The van der Waals surface area contributed by atoms with E-state index in [4.69, 9.17) is 5.26 Å². The Hall–Kier alpha value is -1.91. The first-order valence-electron chi connectivity index (χ1n) is 5.15. The van der Waals surface area contributed by atoms with Crippen molar-refractivity contribution in [2.24, 2.45) is 4.99 Å². The van der Waals surface area contributed by atoms with Gasteiger partial charge in [-0.05, 0) is 44.4 Å². The normalized spacial score (nSPS) is 10.3. The fraction of sp³-hybridized carbons (Fsp3) is 0.385. The zero-order chi connectivity index (χ0) is 12.0. The van der Waals surface area contributed by atoms with E-state index in [1.807, 2.05) is 32.0 Å². The smallest absolute Gasteiger partial charge is 0.211 e. The standard InChI is InChI=1S/C13H14N2O/c1-13(2,15-10-16)7-6-11-4-3-5-12(8-11)9-14/h3-5,8H,6-7H2,1-2H3. The van der Waals surface area contributed by atoms with Crippen molar-refractivity contribution in [2.45, 2.75) is 32.2 Å². The van der Waals surface area contributed by atoms with Gasteiger partial charge in [-0.3, -0.25) is 0 Å². The van der Waals surface area contributed by atoms with Crippen LogP contribution in [-0.4, -0.2) is 11.6 Å². The first-order valence-corrected chi connectivity index (χ1v) is 5.15. The predicted octanol–water partition coefficient (Wildman–Crippen LogP) is 2.61.